The molecule has 1 aliphatic carbocycles. The van der Waals surface area contributed by atoms with Crippen molar-refractivity contribution in [2.45, 2.75) is 62.9 Å². The number of rotatable bonds is 5. The first-order chi connectivity index (χ1) is 16.5. The van der Waals surface area contributed by atoms with Crippen LogP contribution in [0, 0.1) is 6.92 Å². The number of nitrogens with zero attached hydrogens (tertiary/aromatic N) is 1. The summed E-state index contributed by atoms with van der Waals surface area (Å²) in [7, 11) is -10.4. The zero-order chi connectivity index (χ0) is 25.3. The fraction of sp³-hybridized carbons (Fsp3) is 0.455. The molecule has 11 nitrogen and oxygen atoms in total. The van der Waals surface area contributed by atoms with Crippen molar-refractivity contribution in [3.8, 4) is 5.75 Å². The second-order valence-corrected chi connectivity index (χ2v) is 13.0. The number of hydrogen-bond acceptors (Lipinski definition) is 9. The summed E-state index contributed by atoms with van der Waals surface area (Å²) in [5.41, 5.74) is 0.753. The Hall–Kier alpha value is -2.10. The maximum Gasteiger partial charge on any atom is 0.514 e. The fourth-order valence-electron chi connectivity index (χ4n) is 4.08. The Bertz CT molecular complexity index is 1140. The van der Waals surface area contributed by atoms with Crippen molar-refractivity contribution in [1.29, 1.82) is 0 Å². The Kier molecular flexibility index (Phi) is 7.50. The minimum atomic E-state index is -5.20. The summed E-state index contributed by atoms with van der Waals surface area (Å²) in [6, 6.07) is 7.37. The van der Waals surface area contributed by atoms with Gasteiger partial charge in [0.15, 0.2) is 0 Å². The molecule has 1 aromatic carbocycles. The number of pyridine rings is 1. The predicted octanol–water partition coefficient (Wildman–Crippen LogP) is 4.54. The van der Waals surface area contributed by atoms with Crippen molar-refractivity contribution >= 4 is 21.3 Å². The highest BCUT2D eigenvalue weighted by molar-refractivity contribution is 7.73. The maximum absolute atomic E-state index is 13.1. The van der Waals surface area contributed by atoms with E-state index in [0.717, 1.165) is 32.1 Å². The highest BCUT2D eigenvalue weighted by Crippen LogP contribution is 2.79. The molecule has 0 amide bonds. The molecule has 2 aromatic rings. The first-order valence-corrected chi connectivity index (χ1v) is 14.3. The minimum Gasteiger partial charge on any atom is -0.431 e. The van der Waals surface area contributed by atoms with Crippen molar-refractivity contribution in [3.05, 3.63) is 59.4 Å². The van der Waals surface area contributed by atoms with Crippen LogP contribution in [0.25, 0.3) is 0 Å². The van der Waals surface area contributed by atoms with E-state index >= 15 is 0 Å². The van der Waals surface area contributed by atoms with Crippen LogP contribution >= 0.6 is 15.2 Å². The number of carbonyl (C=O) groups is 1. The molecule has 1 saturated carbocycles. The van der Waals surface area contributed by atoms with E-state index in [2.05, 4.69) is 4.98 Å². The zero-order valence-electron chi connectivity index (χ0n) is 19.0. The van der Waals surface area contributed by atoms with Gasteiger partial charge in [-0.1, -0.05) is 24.1 Å². The first kappa shape index (κ1) is 26.0. The topological polar surface area (TPSA) is 162 Å². The van der Waals surface area contributed by atoms with Gasteiger partial charge < -0.3 is 24.4 Å². The monoisotopic (exact) mass is 527 g/mol. The number of hydrogen-bond donors (Lipinski definition) is 3. The highest BCUT2D eigenvalue weighted by Gasteiger charge is 2.67. The van der Waals surface area contributed by atoms with E-state index in [-0.39, 0.29) is 23.0 Å². The van der Waals surface area contributed by atoms with Crippen molar-refractivity contribution < 1.29 is 47.3 Å². The summed E-state index contributed by atoms with van der Waals surface area (Å²) in [6.45, 7) is 1.69. The van der Waals surface area contributed by atoms with Crippen LogP contribution in [-0.4, -0.2) is 37.2 Å². The molecule has 2 heterocycles. The van der Waals surface area contributed by atoms with Gasteiger partial charge in [0.25, 0.3) is 5.08 Å². The van der Waals surface area contributed by atoms with Gasteiger partial charge in [-0.25, -0.2) is 4.79 Å². The molecule has 2 unspecified atom stereocenters. The summed E-state index contributed by atoms with van der Waals surface area (Å²) in [5.74, 6) is -0.140. The Morgan fingerprint density at radius 3 is 2.46 bits per heavy atom. The van der Waals surface area contributed by atoms with Gasteiger partial charge in [-0.15, -0.1) is 0 Å². The Labute approximate surface area is 202 Å². The van der Waals surface area contributed by atoms with E-state index < -0.39 is 39.1 Å². The smallest absolute Gasteiger partial charge is 0.431 e. The predicted molar refractivity (Wildman–Crippen MR) is 123 cm³/mol. The fourth-order valence-corrected chi connectivity index (χ4v) is 7.64. The van der Waals surface area contributed by atoms with E-state index in [0.29, 0.717) is 5.56 Å². The normalized spacial score (nSPS) is 31.6. The third-order valence-corrected chi connectivity index (χ3v) is 10.6. The number of aryl methyl sites for hydroxylation is 1. The van der Waals surface area contributed by atoms with Gasteiger partial charge in [-0.2, -0.15) is 0 Å². The second-order valence-electron chi connectivity index (χ2n) is 8.67. The van der Waals surface area contributed by atoms with Crippen LogP contribution in [0.15, 0.2) is 42.7 Å². The third-order valence-electron chi connectivity index (χ3n) is 5.97. The molecule has 0 spiro atoms. The lowest BCUT2D eigenvalue weighted by Gasteiger charge is -2.41. The highest BCUT2D eigenvalue weighted by atomic mass is 31.2. The molecule has 1 aromatic heterocycles. The summed E-state index contributed by atoms with van der Waals surface area (Å²) < 4.78 is 47.2. The molecule has 2 atom stereocenters. The maximum atomic E-state index is 13.1. The summed E-state index contributed by atoms with van der Waals surface area (Å²) in [5, 5.41) is 7.75. The number of carbonyl (C=O) groups excluding carboxylic acids is 1. The van der Waals surface area contributed by atoms with Crippen molar-refractivity contribution in [3.63, 3.8) is 0 Å². The van der Waals surface area contributed by atoms with Crippen molar-refractivity contribution in [2.24, 2.45) is 0 Å². The van der Waals surface area contributed by atoms with Crippen LogP contribution < -0.4 is 4.74 Å². The lowest BCUT2D eigenvalue weighted by atomic mass is 9.98. The molecule has 2 fully saturated rings. The summed E-state index contributed by atoms with van der Waals surface area (Å²) in [6.07, 6.45) is 3.26. The molecular formula is C22H27NO10P2. The molecule has 13 heteroatoms. The zero-order valence-corrected chi connectivity index (χ0v) is 20.8. The van der Waals surface area contributed by atoms with E-state index in [1.807, 2.05) is 0 Å². The number of aromatic nitrogens is 1. The number of aliphatic hydroxyl groups is 1. The van der Waals surface area contributed by atoms with Gasteiger partial charge in [-0.05, 0) is 56.4 Å². The Morgan fingerprint density at radius 1 is 1.14 bits per heavy atom. The van der Waals surface area contributed by atoms with Gasteiger partial charge in [0.05, 0.1) is 5.56 Å². The number of benzene rings is 1. The lowest BCUT2D eigenvalue weighted by Crippen LogP contribution is -2.38. The summed E-state index contributed by atoms with van der Waals surface area (Å²) >= 11 is 0. The van der Waals surface area contributed by atoms with E-state index in [1.165, 1.54) is 36.7 Å². The van der Waals surface area contributed by atoms with Crippen LogP contribution in [0.3, 0.4) is 0 Å². The molecule has 4 rings (SSSR count). The second kappa shape index (κ2) is 10.1. The SMILES string of the molecule is Cc1ccc(OC(=O)OC2CCCCC2)c(C2OP(=O)(O)C(O)(Cc3cccnc3)P(=O)(O)O2)c1. The van der Waals surface area contributed by atoms with Crippen LogP contribution in [0.2, 0.25) is 0 Å². The number of ether oxygens (including phenoxy) is 2. The minimum absolute atomic E-state index is 0.0856. The van der Waals surface area contributed by atoms with Crippen molar-refractivity contribution in [1.82, 2.24) is 4.98 Å². The van der Waals surface area contributed by atoms with Gasteiger partial charge in [0.2, 0.25) is 6.29 Å². The first-order valence-electron chi connectivity index (χ1n) is 11.1. The van der Waals surface area contributed by atoms with Gasteiger partial charge in [0, 0.05) is 18.8 Å². The van der Waals surface area contributed by atoms with Gasteiger partial charge in [-0.3, -0.25) is 23.2 Å². The average Bonchev–Trinajstić information content (AvgIpc) is 2.80. The quantitative estimate of drug-likeness (QED) is 0.284. The van der Waals surface area contributed by atoms with E-state index in [1.54, 1.807) is 13.0 Å². The Morgan fingerprint density at radius 2 is 1.83 bits per heavy atom. The molecule has 2 aliphatic rings. The Balaban J connectivity index is 1.59. The third kappa shape index (κ3) is 5.52. The van der Waals surface area contributed by atoms with Crippen LogP contribution in [0.4, 0.5) is 4.79 Å². The average molecular weight is 527 g/mol. The molecule has 35 heavy (non-hydrogen) atoms. The molecule has 0 radical (unpaired) electrons. The largest absolute Gasteiger partial charge is 0.514 e. The molecule has 0 bridgehead atoms. The van der Waals surface area contributed by atoms with Crippen LogP contribution in [0.5, 0.6) is 5.75 Å². The van der Waals surface area contributed by atoms with E-state index in [4.69, 9.17) is 18.5 Å². The van der Waals surface area contributed by atoms with E-state index in [9.17, 15) is 28.8 Å². The van der Waals surface area contributed by atoms with Crippen LogP contribution in [0.1, 0.15) is 55.1 Å². The molecule has 190 valence electrons. The molecule has 1 aliphatic heterocycles. The van der Waals surface area contributed by atoms with Gasteiger partial charge in [0.1, 0.15) is 11.9 Å². The van der Waals surface area contributed by atoms with Crippen molar-refractivity contribution in [2.75, 3.05) is 0 Å². The summed E-state index contributed by atoms with van der Waals surface area (Å²) in [4.78, 5) is 37.4. The van der Waals surface area contributed by atoms with Crippen LogP contribution in [-0.2, 0) is 29.3 Å². The molecule has 1 saturated heterocycles. The lowest BCUT2D eigenvalue weighted by molar-refractivity contribution is -0.0590. The molecule has 3 N–H and O–H groups in total. The standard InChI is InChI=1S/C22H27NO10P2/c1-15-9-10-19(31-21(24)30-17-7-3-2-4-8-17)18(12-15)20-32-34(26,27)22(25,35(28,29)33-20)13-16-6-5-11-23-14-16/h5-6,9-12,14,17,20,25H,2-4,7-8,13H2,1H3,(H,26,27)(H,28,29). The van der Waals surface area contributed by atoms with Gasteiger partial charge >= 0.3 is 21.3 Å². The molecular weight excluding hydrogens is 500 g/mol.